The summed E-state index contributed by atoms with van der Waals surface area (Å²) in [5.41, 5.74) is 0. The van der Waals surface area contributed by atoms with E-state index in [1.807, 2.05) is 6.08 Å². The number of allylic oxidation sites excluding steroid dienone is 13. The summed E-state index contributed by atoms with van der Waals surface area (Å²) < 4.78 is 22.7. The molecule has 0 bridgehead atoms. The predicted molar refractivity (Wildman–Crippen MR) is 272 cm³/mol. The topological polar surface area (TPSA) is 228 Å². The largest absolute Gasteiger partial charge is 0.394 e. The van der Waals surface area contributed by atoms with Gasteiger partial charge in [0.05, 0.1) is 32.0 Å². The highest BCUT2D eigenvalue weighted by Gasteiger charge is 2.51. The molecule has 0 aromatic rings. The number of rotatable bonds is 39. The maximum atomic E-state index is 13.2. The van der Waals surface area contributed by atoms with Gasteiger partial charge in [0, 0.05) is 6.42 Å². The van der Waals surface area contributed by atoms with Crippen LogP contribution in [0.4, 0.5) is 0 Å². The third kappa shape index (κ3) is 27.5. The van der Waals surface area contributed by atoms with Crippen molar-refractivity contribution in [1.82, 2.24) is 5.32 Å². The van der Waals surface area contributed by atoms with Crippen LogP contribution in [-0.2, 0) is 23.7 Å². The molecule has 2 rings (SSSR count). The second-order valence-corrected chi connectivity index (χ2v) is 18.3. The molecule has 2 fully saturated rings. The van der Waals surface area contributed by atoms with E-state index in [1.165, 1.54) is 44.9 Å². The van der Waals surface area contributed by atoms with Crippen LogP contribution in [0, 0.1) is 0 Å². The fourth-order valence-electron chi connectivity index (χ4n) is 8.04. The van der Waals surface area contributed by atoms with E-state index in [0.29, 0.717) is 12.8 Å². The minimum Gasteiger partial charge on any atom is -0.394 e. The van der Waals surface area contributed by atoms with Crippen LogP contribution in [0.5, 0.6) is 0 Å². The van der Waals surface area contributed by atoms with Crippen molar-refractivity contribution in [3.05, 3.63) is 85.1 Å². The molecule has 9 N–H and O–H groups in total. The number of unbranched alkanes of at least 4 members (excludes halogenated alkanes) is 14. The number of aliphatic hydroxyl groups is 8. The van der Waals surface area contributed by atoms with Crippen LogP contribution in [0.15, 0.2) is 85.1 Å². The second kappa shape index (κ2) is 40.7. The van der Waals surface area contributed by atoms with Gasteiger partial charge in [-0.1, -0.05) is 163 Å². The maximum absolute atomic E-state index is 13.2. The van der Waals surface area contributed by atoms with E-state index < -0.39 is 86.8 Å². The first-order valence-corrected chi connectivity index (χ1v) is 26.3. The fraction of sp³-hybridized carbons (Fsp3) is 0.727. The third-order valence-corrected chi connectivity index (χ3v) is 12.3. The Morgan fingerprint density at radius 2 is 1.01 bits per heavy atom. The first kappa shape index (κ1) is 62.3. The number of aliphatic hydroxyl groups excluding tert-OH is 8. The minimum absolute atomic E-state index is 0.255. The van der Waals surface area contributed by atoms with Gasteiger partial charge in [-0.15, -0.1) is 0 Å². The lowest BCUT2D eigenvalue weighted by Gasteiger charge is -2.46. The van der Waals surface area contributed by atoms with Gasteiger partial charge >= 0.3 is 0 Å². The van der Waals surface area contributed by atoms with Crippen molar-refractivity contribution in [2.75, 3.05) is 19.8 Å². The van der Waals surface area contributed by atoms with Gasteiger partial charge < -0.3 is 65.1 Å². The highest BCUT2D eigenvalue weighted by atomic mass is 16.7. The zero-order chi connectivity index (χ0) is 50.3. The smallest absolute Gasteiger partial charge is 0.220 e. The fourth-order valence-corrected chi connectivity index (χ4v) is 8.04. The van der Waals surface area contributed by atoms with E-state index >= 15 is 0 Å². The molecule has 0 spiro atoms. The normalized spacial score (nSPS) is 26.9. The second-order valence-electron chi connectivity index (χ2n) is 18.3. The number of amides is 1. The van der Waals surface area contributed by atoms with Crippen molar-refractivity contribution in [2.45, 2.75) is 235 Å². The molecule has 14 heteroatoms. The summed E-state index contributed by atoms with van der Waals surface area (Å²) >= 11 is 0. The van der Waals surface area contributed by atoms with Gasteiger partial charge in [0.1, 0.15) is 48.8 Å². The Morgan fingerprint density at radius 1 is 0.536 bits per heavy atom. The number of carbonyl (C=O) groups is 1. The lowest BCUT2D eigenvalue weighted by atomic mass is 9.97. The number of nitrogens with one attached hydrogen (secondary N) is 1. The average Bonchev–Trinajstić information content (AvgIpc) is 3.35. The van der Waals surface area contributed by atoms with E-state index in [9.17, 15) is 45.6 Å². The van der Waals surface area contributed by atoms with Gasteiger partial charge in [-0.2, -0.15) is 0 Å². The van der Waals surface area contributed by atoms with E-state index in [-0.39, 0.29) is 18.9 Å². The summed E-state index contributed by atoms with van der Waals surface area (Å²) in [6.07, 6.45) is 36.2. The van der Waals surface area contributed by atoms with E-state index in [4.69, 9.17) is 18.9 Å². The number of ether oxygens (including phenoxy) is 4. The van der Waals surface area contributed by atoms with Gasteiger partial charge in [0.2, 0.25) is 5.91 Å². The number of carbonyl (C=O) groups excluding carboxylic acids is 1. The summed E-state index contributed by atoms with van der Waals surface area (Å²) in [6, 6.07) is -0.941. The summed E-state index contributed by atoms with van der Waals surface area (Å²) in [4.78, 5) is 13.2. The van der Waals surface area contributed by atoms with Crippen LogP contribution in [0.25, 0.3) is 0 Å². The van der Waals surface area contributed by atoms with Crippen LogP contribution in [0.3, 0.4) is 0 Å². The van der Waals surface area contributed by atoms with Gasteiger partial charge in [-0.05, 0) is 77.0 Å². The van der Waals surface area contributed by atoms with Crippen molar-refractivity contribution < 1.29 is 64.6 Å². The standard InChI is InChI=1S/C55H93NO13/c1-3-5-7-9-11-13-15-17-18-19-20-21-22-23-24-25-26-27-29-31-33-35-37-39-47(60)56-43(44(59)38-36-34-32-30-28-16-14-12-10-8-6-4-2)42-66-54-52(65)50(63)53(46(41-58)68-54)69-55-51(64)49(62)48(61)45(40-57)67-55/h5,7,11,13,17-18,20-21,23-24,28,30,36,38,43-46,48-55,57-59,61-65H,3-4,6,8-10,12,14-16,19,22,25-27,29,31-35,37,39-42H2,1-2H3,(H,56,60)/b7-5-,13-11-,18-17-,21-20-,24-23-,30-28+,38-36+. The molecule has 0 aliphatic carbocycles. The van der Waals surface area contributed by atoms with E-state index in [1.54, 1.807) is 6.08 Å². The quantitative estimate of drug-likeness (QED) is 0.0217. The SMILES string of the molecule is CC/C=C\C/C=C\C/C=C\C/C=C\C/C=C\CCCCCCCCCC(=O)NC(COC1OC(CO)C(OC2OC(CO)C(O)C(O)C2O)C(O)C1O)C(O)/C=C/CC/C=C/CCCCCCCC. The Bertz CT molecular complexity index is 1480. The summed E-state index contributed by atoms with van der Waals surface area (Å²) in [5.74, 6) is -0.267. The summed E-state index contributed by atoms with van der Waals surface area (Å²) in [5, 5.41) is 86.7. The van der Waals surface area contributed by atoms with E-state index in [2.05, 4.69) is 92.1 Å². The van der Waals surface area contributed by atoms with Gasteiger partial charge in [-0.3, -0.25) is 4.79 Å². The molecule has 2 aliphatic rings. The molecule has 1 amide bonds. The van der Waals surface area contributed by atoms with Crippen molar-refractivity contribution in [2.24, 2.45) is 0 Å². The van der Waals surface area contributed by atoms with Crippen LogP contribution >= 0.6 is 0 Å². The predicted octanol–water partition coefficient (Wildman–Crippen LogP) is 7.38. The first-order valence-electron chi connectivity index (χ1n) is 26.3. The van der Waals surface area contributed by atoms with Crippen LogP contribution in [0.2, 0.25) is 0 Å². The Balaban J connectivity index is 1.81. The molecule has 2 heterocycles. The molecule has 14 nitrogen and oxygen atoms in total. The molecular weight excluding hydrogens is 883 g/mol. The Labute approximate surface area is 414 Å². The Hall–Kier alpha value is -2.83. The highest BCUT2D eigenvalue weighted by molar-refractivity contribution is 5.76. The molecule has 396 valence electrons. The zero-order valence-corrected chi connectivity index (χ0v) is 42.0. The summed E-state index contributed by atoms with van der Waals surface area (Å²) in [6.45, 7) is 2.60. The lowest BCUT2D eigenvalue weighted by molar-refractivity contribution is -0.359. The van der Waals surface area contributed by atoms with Gasteiger partial charge in [-0.25, -0.2) is 0 Å². The molecule has 69 heavy (non-hydrogen) atoms. The van der Waals surface area contributed by atoms with Crippen LogP contribution < -0.4 is 5.32 Å². The molecule has 12 atom stereocenters. The molecule has 0 aromatic heterocycles. The summed E-state index contributed by atoms with van der Waals surface area (Å²) in [7, 11) is 0. The monoisotopic (exact) mass is 976 g/mol. The third-order valence-electron chi connectivity index (χ3n) is 12.3. The van der Waals surface area contributed by atoms with Crippen LogP contribution in [-0.4, -0.2) is 140 Å². The van der Waals surface area contributed by atoms with Crippen molar-refractivity contribution in [3.63, 3.8) is 0 Å². The maximum Gasteiger partial charge on any atom is 0.220 e. The molecule has 0 aromatic carbocycles. The number of hydrogen-bond donors (Lipinski definition) is 9. The Kier molecular flexibility index (Phi) is 36.8. The molecular formula is C55H93NO13. The van der Waals surface area contributed by atoms with Crippen molar-refractivity contribution in [1.29, 1.82) is 0 Å². The first-order chi connectivity index (χ1) is 33.6. The van der Waals surface area contributed by atoms with Crippen molar-refractivity contribution in [3.8, 4) is 0 Å². The van der Waals surface area contributed by atoms with Gasteiger partial charge in [0.25, 0.3) is 0 Å². The Morgan fingerprint density at radius 3 is 1.59 bits per heavy atom. The minimum atomic E-state index is -1.79. The van der Waals surface area contributed by atoms with E-state index in [0.717, 1.165) is 83.5 Å². The van der Waals surface area contributed by atoms with Gasteiger partial charge in [0.15, 0.2) is 12.6 Å². The highest BCUT2D eigenvalue weighted by Crippen LogP contribution is 2.30. The van der Waals surface area contributed by atoms with Crippen molar-refractivity contribution >= 4 is 5.91 Å². The van der Waals surface area contributed by atoms with Crippen LogP contribution in [0.1, 0.15) is 162 Å². The molecule has 2 saturated heterocycles. The zero-order valence-electron chi connectivity index (χ0n) is 42.0. The molecule has 0 saturated carbocycles. The molecule has 12 unspecified atom stereocenters. The molecule has 0 radical (unpaired) electrons. The lowest BCUT2D eigenvalue weighted by Crippen LogP contribution is -2.65. The molecule has 2 aliphatic heterocycles. The average molecular weight is 976 g/mol. The number of hydrogen-bond acceptors (Lipinski definition) is 13.